The molecule has 0 aromatic carbocycles. The van der Waals surface area contributed by atoms with Crippen LogP contribution in [-0.4, -0.2) is 25.8 Å². The van der Waals surface area contributed by atoms with E-state index in [1.54, 1.807) is 17.1 Å². The summed E-state index contributed by atoms with van der Waals surface area (Å²) in [6.45, 7) is 1.89. The monoisotopic (exact) mass is 231 g/mol. The fraction of sp³-hybridized carbons (Fsp3) is 0.250. The Hall–Kier alpha value is -2.17. The molecule has 0 aliphatic heterocycles. The first-order chi connectivity index (χ1) is 8.09. The number of aliphatic carboxylic acids is 1. The van der Waals surface area contributed by atoms with Gasteiger partial charge in [-0.15, -0.1) is 0 Å². The van der Waals surface area contributed by atoms with Gasteiger partial charge in [-0.05, 0) is 24.6 Å². The van der Waals surface area contributed by atoms with E-state index in [9.17, 15) is 4.79 Å². The molecule has 0 atom stereocenters. The molecule has 0 amide bonds. The summed E-state index contributed by atoms with van der Waals surface area (Å²) < 4.78 is 1.71. The topological polar surface area (TPSA) is 68.0 Å². The maximum absolute atomic E-state index is 10.7. The van der Waals surface area contributed by atoms with Gasteiger partial charge in [-0.25, -0.2) is 0 Å². The first-order valence-electron chi connectivity index (χ1n) is 5.24. The van der Waals surface area contributed by atoms with Gasteiger partial charge in [-0.2, -0.15) is 5.10 Å². The highest BCUT2D eigenvalue weighted by Crippen LogP contribution is 2.24. The van der Waals surface area contributed by atoms with Crippen molar-refractivity contribution >= 4 is 5.97 Å². The van der Waals surface area contributed by atoms with Crippen molar-refractivity contribution in [1.82, 2.24) is 14.8 Å². The lowest BCUT2D eigenvalue weighted by Gasteiger charge is -2.02. The van der Waals surface area contributed by atoms with E-state index in [1.807, 2.05) is 26.1 Å². The van der Waals surface area contributed by atoms with Crippen LogP contribution in [0.25, 0.3) is 11.3 Å². The average molecular weight is 231 g/mol. The molecular weight excluding hydrogens is 218 g/mol. The van der Waals surface area contributed by atoms with Gasteiger partial charge in [0.25, 0.3) is 0 Å². The normalized spacial score (nSPS) is 10.5. The van der Waals surface area contributed by atoms with Crippen LogP contribution < -0.4 is 0 Å². The quantitative estimate of drug-likeness (QED) is 0.867. The number of hydrogen-bond donors (Lipinski definition) is 1. The van der Waals surface area contributed by atoms with Crippen molar-refractivity contribution in [2.75, 3.05) is 0 Å². The van der Waals surface area contributed by atoms with E-state index in [2.05, 4.69) is 10.1 Å². The highest BCUT2D eigenvalue weighted by atomic mass is 16.4. The standard InChI is InChI=1S/C12H13N3O2/c1-8-10(7-11(16)17)14-15(2)12(8)9-3-5-13-6-4-9/h3-6H,7H2,1-2H3,(H,16,17). The Morgan fingerprint density at radius 3 is 2.65 bits per heavy atom. The molecule has 88 valence electrons. The molecule has 0 bridgehead atoms. The smallest absolute Gasteiger partial charge is 0.309 e. The van der Waals surface area contributed by atoms with Crippen LogP contribution in [0.5, 0.6) is 0 Å². The van der Waals surface area contributed by atoms with Crippen LogP contribution in [0.4, 0.5) is 0 Å². The predicted octanol–water partition coefficient (Wildman–Crippen LogP) is 1.42. The number of aromatic nitrogens is 3. The zero-order valence-corrected chi connectivity index (χ0v) is 9.71. The molecule has 0 saturated carbocycles. The molecule has 0 aliphatic carbocycles. The molecule has 5 heteroatoms. The number of pyridine rings is 1. The van der Waals surface area contributed by atoms with E-state index < -0.39 is 5.97 Å². The molecule has 2 aromatic rings. The van der Waals surface area contributed by atoms with Crippen LogP contribution in [0.2, 0.25) is 0 Å². The first-order valence-corrected chi connectivity index (χ1v) is 5.24. The number of rotatable bonds is 3. The Bertz CT molecular complexity index is 546. The van der Waals surface area contributed by atoms with Gasteiger partial charge in [-0.3, -0.25) is 14.5 Å². The molecule has 0 saturated heterocycles. The number of carbonyl (C=O) groups is 1. The van der Waals surface area contributed by atoms with Crippen molar-refractivity contribution in [1.29, 1.82) is 0 Å². The summed E-state index contributed by atoms with van der Waals surface area (Å²) in [6.07, 6.45) is 3.36. The van der Waals surface area contributed by atoms with Crippen LogP contribution in [0.15, 0.2) is 24.5 Å². The molecule has 2 rings (SSSR count). The van der Waals surface area contributed by atoms with E-state index in [1.165, 1.54) is 0 Å². The second-order valence-electron chi connectivity index (χ2n) is 3.85. The van der Waals surface area contributed by atoms with Crippen LogP contribution in [0.1, 0.15) is 11.3 Å². The Labute approximate surface area is 98.7 Å². The summed E-state index contributed by atoms with van der Waals surface area (Å²) in [5.41, 5.74) is 3.43. The molecule has 0 radical (unpaired) electrons. The van der Waals surface area contributed by atoms with Crippen LogP contribution in [0.3, 0.4) is 0 Å². The Morgan fingerprint density at radius 2 is 2.06 bits per heavy atom. The molecule has 0 unspecified atom stereocenters. The molecule has 2 heterocycles. The maximum Gasteiger partial charge on any atom is 0.309 e. The van der Waals surface area contributed by atoms with Gasteiger partial charge < -0.3 is 5.11 Å². The van der Waals surface area contributed by atoms with Gasteiger partial charge in [-0.1, -0.05) is 0 Å². The third kappa shape index (κ3) is 2.18. The lowest BCUT2D eigenvalue weighted by molar-refractivity contribution is -0.136. The van der Waals surface area contributed by atoms with Gasteiger partial charge >= 0.3 is 5.97 Å². The molecule has 1 N–H and O–H groups in total. The molecule has 0 fully saturated rings. The van der Waals surface area contributed by atoms with Crippen LogP contribution in [-0.2, 0) is 18.3 Å². The summed E-state index contributed by atoms with van der Waals surface area (Å²) in [5.74, 6) is -0.868. The largest absolute Gasteiger partial charge is 0.481 e. The van der Waals surface area contributed by atoms with E-state index in [4.69, 9.17) is 5.11 Å². The van der Waals surface area contributed by atoms with Crippen molar-refractivity contribution in [3.05, 3.63) is 35.8 Å². The van der Waals surface area contributed by atoms with Gasteiger partial charge in [0.15, 0.2) is 0 Å². The number of carboxylic acids is 1. The SMILES string of the molecule is Cc1c(CC(=O)O)nn(C)c1-c1ccncc1. The second-order valence-corrected chi connectivity index (χ2v) is 3.85. The van der Waals surface area contributed by atoms with Crippen molar-refractivity contribution < 1.29 is 9.90 Å². The number of aryl methyl sites for hydroxylation is 1. The minimum atomic E-state index is -0.868. The predicted molar refractivity (Wildman–Crippen MR) is 62.5 cm³/mol. The average Bonchev–Trinajstić information content (AvgIpc) is 2.54. The molecular formula is C12H13N3O2. The van der Waals surface area contributed by atoms with Crippen LogP contribution in [0, 0.1) is 6.92 Å². The maximum atomic E-state index is 10.7. The van der Waals surface area contributed by atoms with Gasteiger partial charge in [0.05, 0.1) is 17.8 Å². The summed E-state index contributed by atoms with van der Waals surface area (Å²) >= 11 is 0. The van der Waals surface area contributed by atoms with Crippen molar-refractivity contribution in [3.8, 4) is 11.3 Å². The number of hydrogen-bond acceptors (Lipinski definition) is 3. The van der Waals surface area contributed by atoms with Gasteiger partial charge in [0.2, 0.25) is 0 Å². The molecule has 5 nitrogen and oxygen atoms in total. The van der Waals surface area contributed by atoms with E-state index in [0.29, 0.717) is 5.69 Å². The van der Waals surface area contributed by atoms with Crippen molar-refractivity contribution in [3.63, 3.8) is 0 Å². The molecule has 2 aromatic heterocycles. The molecule has 17 heavy (non-hydrogen) atoms. The summed E-state index contributed by atoms with van der Waals surface area (Å²) in [4.78, 5) is 14.7. The highest BCUT2D eigenvalue weighted by Gasteiger charge is 2.15. The van der Waals surface area contributed by atoms with Crippen LogP contribution >= 0.6 is 0 Å². The number of carboxylic acid groups (broad SMARTS) is 1. The fourth-order valence-electron chi connectivity index (χ4n) is 1.91. The zero-order chi connectivity index (χ0) is 12.4. The highest BCUT2D eigenvalue weighted by molar-refractivity contribution is 5.72. The summed E-state index contributed by atoms with van der Waals surface area (Å²) in [6, 6.07) is 3.77. The van der Waals surface area contributed by atoms with Gasteiger partial charge in [0, 0.05) is 25.0 Å². The molecule has 0 spiro atoms. The third-order valence-electron chi connectivity index (χ3n) is 2.65. The third-order valence-corrected chi connectivity index (χ3v) is 2.65. The minimum Gasteiger partial charge on any atom is -0.481 e. The second kappa shape index (κ2) is 4.37. The van der Waals surface area contributed by atoms with E-state index in [-0.39, 0.29) is 6.42 Å². The Balaban J connectivity index is 2.49. The van der Waals surface area contributed by atoms with E-state index >= 15 is 0 Å². The number of nitrogens with zero attached hydrogens (tertiary/aromatic N) is 3. The van der Waals surface area contributed by atoms with Crippen molar-refractivity contribution in [2.45, 2.75) is 13.3 Å². The minimum absolute atomic E-state index is 0.0508. The molecule has 0 aliphatic rings. The van der Waals surface area contributed by atoms with E-state index in [0.717, 1.165) is 16.8 Å². The zero-order valence-electron chi connectivity index (χ0n) is 9.71. The summed E-state index contributed by atoms with van der Waals surface area (Å²) in [5, 5.41) is 13.0. The summed E-state index contributed by atoms with van der Waals surface area (Å²) in [7, 11) is 1.81. The fourth-order valence-corrected chi connectivity index (χ4v) is 1.91. The van der Waals surface area contributed by atoms with Gasteiger partial charge in [0.1, 0.15) is 0 Å². The lowest BCUT2D eigenvalue weighted by atomic mass is 10.1. The lowest BCUT2D eigenvalue weighted by Crippen LogP contribution is -2.02. The Kier molecular flexibility index (Phi) is 2.91. The first kappa shape index (κ1) is 11.3. The van der Waals surface area contributed by atoms with Crippen molar-refractivity contribution in [2.24, 2.45) is 7.05 Å². The Morgan fingerprint density at radius 1 is 1.41 bits per heavy atom.